The largest absolute Gasteiger partial charge is 0.573 e. The van der Waals surface area contributed by atoms with Gasteiger partial charge in [-0.15, -0.1) is 24.5 Å². The topological polar surface area (TPSA) is 120 Å². The van der Waals surface area contributed by atoms with Gasteiger partial charge in [0.2, 0.25) is 0 Å². The van der Waals surface area contributed by atoms with Gasteiger partial charge in [0.15, 0.2) is 11.5 Å². The molecule has 2 aromatic carbocycles. The molecule has 0 aliphatic carbocycles. The number of halogens is 5. The molecule has 0 saturated carbocycles. The molecule has 2 bridgehead atoms. The van der Waals surface area contributed by atoms with E-state index in [4.69, 9.17) is 42.1 Å². The van der Waals surface area contributed by atoms with Gasteiger partial charge in [0.25, 0.3) is 0 Å². The van der Waals surface area contributed by atoms with Crippen molar-refractivity contribution in [1.29, 1.82) is 0 Å². The number of thiophene rings is 1. The van der Waals surface area contributed by atoms with E-state index in [0.717, 1.165) is 60.4 Å². The molecule has 2 atom stereocenters. The van der Waals surface area contributed by atoms with Gasteiger partial charge >= 0.3 is 18.4 Å². The molecule has 2 aromatic heterocycles. The number of ether oxygens (including phenoxy) is 5. The minimum Gasteiger partial charge on any atom is -0.506 e. The van der Waals surface area contributed by atoms with E-state index in [2.05, 4.69) is 14.6 Å². The van der Waals surface area contributed by atoms with Crippen molar-refractivity contribution in [3.05, 3.63) is 91.9 Å². The number of nitrogens with zero attached hydrogens (tertiary/aromatic N) is 3. The van der Waals surface area contributed by atoms with E-state index < -0.39 is 42.1 Å². The summed E-state index contributed by atoms with van der Waals surface area (Å²) in [5.74, 6) is -0.841. The van der Waals surface area contributed by atoms with E-state index in [1.54, 1.807) is 24.3 Å². The molecule has 7 rings (SSSR count). The second-order valence-electron chi connectivity index (χ2n) is 12.4. The third-order valence-corrected chi connectivity index (χ3v) is 10.8. The molecule has 0 radical (unpaired) electrons. The first-order valence-electron chi connectivity index (χ1n) is 16.4. The summed E-state index contributed by atoms with van der Waals surface area (Å²) in [6.45, 7) is 2.05. The first-order chi connectivity index (χ1) is 25.3. The Morgan fingerprint density at radius 2 is 1.74 bits per heavy atom. The van der Waals surface area contributed by atoms with E-state index in [0.29, 0.717) is 34.0 Å². The van der Waals surface area contributed by atoms with Crippen LogP contribution in [0.25, 0.3) is 0 Å². The molecule has 0 spiro atoms. The minimum absolute atomic E-state index is 0.0778. The lowest BCUT2D eigenvalue weighted by Crippen LogP contribution is -2.53. The summed E-state index contributed by atoms with van der Waals surface area (Å²) in [5, 5.41) is 11.3. The Balaban J connectivity index is 1.27. The normalized spacial score (nSPS) is 18.6. The van der Waals surface area contributed by atoms with Crippen molar-refractivity contribution in [1.82, 2.24) is 9.88 Å². The van der Waals surface area contributed by atoms with Crippen molar-refractivity contribution in [2.75, 3.05) is 38.8 Å². The second-order valence-corrected chi connectivity index (χ2v) is 14.4. The number of fused-ring (bicyclic) bond motifs is 3. The van der Waals surface area contributed by atoms with Gasteiger partial charge in [0.05, 0.1) is 36.5 Å². The molecule has 11 nitrogen and oxygen atoms in total. The zero-order valence-corrected chi connectivity index (χ0v) is 30.7. The Morgan fingerprint density at radius 1 is 1.02 bits per heavy atom. The third kappa shape index (κ3) is 9.21. The minimum atomic E-state index is -5.01. The van der Waals surface area contributed by atoms with Gasteiger partial charge in [-0.3, -0.25) is 14.8 Å². The third-order valence-electron chi connectivity index (χ3n) is 9.09. The summed E-state index contributed by atoms with van der Waals surface area (Å²) in [6.07, 6.45) is -2.61. The molecule has 3 aliphatic heterocycles. The van der Waals surface area contributed by atoms with Crippen LogP contribution in [0.15, 0.2) is 60.9 Å². The number of aromatic hydroxyl groups is 1. The summed E-state index contributed by atoms with van der Waals surface area (Å²) in [5.41, 5.74) is 0.779. The average Bonchev–Trinajstić information content (AvgIpc) is 3.61. The molecule has 5 heterocycles. The number of aromatic nitrogens is 1. The number of hydrogen-bond donors (Lipinski definition) is 1. The molecule has 0 unspecified atom stereocenters. The van der Waals surface area contributed by atoms with Crippen molar-refractivity contribution in [3.8, 4) is 23.0 Å². The number of rotatable bonds is 12. The number of hydrogen-bond acceptors (Lipinski definition) is 11. The molecular weight excluding hydrogens is 762 g/mol. The second kappa shape index (κ2) is 16.3. The molecule has 53 heavy (non-hydrogen) atoms. The summed E-state index contributed by atoms with van der Waals surface area (Å²) in [4.78, 5) is 35.3. The van der Waals surface area contributed by atoms with Crippen molar-refractivity contribution in [2.45, 2.75) is 44.4 Å². The summed E-state index contributed by atoms with van der Waals surface area (Å²) in [6, 6.07) is 11.0. The molecular formula is C36H34Cl2F3N3O8S. The van der Waals surface area contributed by atoms with Crippen LogP contribution in [0.4, 0.5) is 23.7 Å². The Morgan fingerprint density at radius 3 is 2.38 bits per heavy atom. The number of benzene rings is 2. The van der Waals surface area contributed by atoms with Gasteiger partial charge in [0, 0.05) is 36.3 Å². The van der Waals surface area contributed by atoms with E-state index in [1.807, 2.05) is 0 Å². The molecule has 17 heteroatoms. The molecule has 3 saturated heterocycles. The van der Waals surface area contributed by atoms with E-state index in [1.165, 1.54) is 32.7 Å². The van der Waals surface area contributed by atoms with Crippen LogP contribution in [0, 0.1) is 5.92 Å². The molecule has 1 N–H and O–H groups in total. The number of anilines is 1. The first-order valence-corrected chi connectivity index (χ1v) is 18.0. The highest BCUT2D eigenvalue weighted by Crippen LogP contribution is 2.39. The van der Waals surface area contributed by atoms with E-state index in [9.17, 15) is 27.9 Å². The lowest BCUT2D eigenvalue weighted by atomic mass is 9.86. The number of methoxy groups -OCH3 is 2. The summed E-state index contributed by atoms with van der Waals surface area (Å²) >= 11 is 13.8. The van der Waals surface area contributed by atoms with Gasteiger partial charge in [0.1, 0.15) is 28.6 Å². The van der Waals surface area contributed by atoms with Crippen LogP contribution < -0.4 is 19.1 Å². The molecule has 282 valence electrons. The lowest BCUT2D eigenvalue weighted by Gasteiger charge is -2.44. The van der Waals surface area contributed by atoms with Crippen LogP contribution in [-0.4, -0.2) is 73.4 Å². The number of phenolic OH excluding ortho intramolecular Hbond substituents is 1. The van der Waals surface area contributed by atoms with E-state index in [-0.39, 0.29) is 39.5 Å². The van der Waals surface area contributed by atoms with Crippen molar-refractivity contribution < 1.29 is 51.6 Å². The van der Waals surface area contributed by atoms with Crippen LogP contribution >= 0.6 is 34.5 Å². The summed E-state index contributed by atoms with van der Waals surface area (Å²) < 4.78 is 66.2. The predicted molar refractivity (Wildman–Crippen MR) is 190 cm³/mol. The number of carbonyl (C=O) groups is 2. The Kier molecular flexibility index (Phi) is 11.8. The van der Waals surface area contributed by atoms with Gasteiger partial charge in [-0.05, 0) is 79.4 Å². The smallest absolute Gasteiger partial charge is 0.506 e. The molecule has 3 fully saturated rings. The maximum absolute atomic E-state index is 13.8. The fourth-order valence-electron chi connectivity index (χ4n) is 6.42. The number of carbonyl (C=O) groups excluding carboxylic acids is 2. The zero-order chi connectivity index (χ0) is 37.9. The van der Waals surface area contributed by atoms with Crippen LogP contribution in [0.2, 0.25) is 10.0 Å². The van der Waals surface area contributed by atoms with Gasteiger partial charge in [-0.1, -0.05) is 29.3 Å². The first kappa shape index (κ1) is 38.3. The number of esters is 1. The van der Waals surface area contributed by atoms with E-state index >= 15 is 0 Å². The Bertz CT molecular complexity index is 1940. The Hall–Kier alpha value is -4.44. The monoisotopic (exact) mass is 795 g/mol. The molecule has 4 aromatic rings. The van der Waals surface area contributed by atoms with Crippen LogP contribution in [-0.2, 0) is 22.4 Å². The number of alkyl halides is 3. The number of amides is 1. The highest BCUT2D eigenvalue weighted by molar-refractivity contribution is 7.14. The van der Waals surface area contributed by atoms with Crippen molar-refractivity contribution in [3.63, 3.8) is 0 Å². The average molecular weight is 797 g/mol. The SMILES string of the molecule is COc1ccc([C@H](Cc2c(Cl)cncc2Cl)OC(=O)c2ccc(CN(C(=O)O[C@H]3CN4CCC3CC4)c3cc(OC(F)(F)F)ccc3O)s2)cc1OC. The van der Waals surface area contributed by atoms with Crippen molar-refractivity contribution >= 4 is 52.3 Å². The molecule has 1 amide bonds. The number of pyridine rings is 1. The Labute approximate surface area is 316 Å². The van der Waals surface area contributed by atoms with Gasteiger partial charge in [-0.25, -0.2) is 9.59 Å². The maximum Gasteiger partial charge on any atom is 0.573 e. The predicted octanol–water partition coefficient (Wildman–Crippen LogP) is 8.45. The fraction of sp³-hybridized carbons (Fsp3) is 0.361. The highest BCUT2D eigenvalue weighted by atomic mass is 35.5. The van der Waals surface area contributed by atoms with Crippen LogP contribution in [0.3, 0.4) is 0 Å². The number of phenols is 1. The van der Waals surface area contributed by atoms with Gasteiger partial charge < -0.3 is 28.8 Å². The standard InChI is InChI=1S/C36H34Cl2F3N3O8S/c1-48-29-7-3-21(13-31(29)49-2)30(15-24-25(37)16-42-17-26(24)38)50-34(46)33-8-5-23(53-33)18-44(27-14-22(4-6-28(27)45)52-36(39,40)41)35(47)51-32-19-43-11-9-20(32)10-12-43/h3-8,13-14,16-17,20,30,32,45H,9-12,15,18-19H2,1-2H3/t30-,32-/m0/s1. The van der Waals surface area contributed by atoms with Crippen molar-refractivity contribution in [2.24, 2.45) is 5.92 Å². The number of piperidine rings is 3. The van der Waals surface area contributed by atoms with Gasteiger partial charge in [-0.2, -0.15) is 0 Å². The summed E-state index contributed by atoms with van der Waals surface area (Å²) in [7, 11) is 2.97. The maximum atomic E-state index is 13.8. The lowest BCUT2D eigenvalue weighted by molar-refractivity contribution is -0.274. The highest BCUT2D eigenvalue weighted by Gasteiger charge is 2.38. The fourth-order valence-corrected chi connectivity index (χ4v) is 7.82. The van der Waals surface area contributed by atoms with Crippen LogP contribution in [0.1, 0.15) is 44.6 Å². The van der Waals surface area contributed by atoms with Crippen LogP contribution in [0.5, 0.6) is 23.0 Å². The molecule has 3 aliphatic rings. The quantitative estimate of drug-likeness (QED) is 0.140. The zero-order valence-electron chi connectivity index (χ0n) is 28.4.